The molecule has 1 heterocycles. The molecule has 0 spiro atoms. The van der Waals surface area contributed by atoms with Crippen molar-refractivity contribution < 1.29 is 24.1 Å². The molecule has 0 atom stereocenters. The number of hydrogen-bond acceptors (Lipinski definition) is 6. The maximum atomic E-state index is 8.50. The number of rotatable bonds is 12. The lowest BCUT2D eigenvalue weighted by atomic mass is 10.3. The van der Waals surface area contributed by atoms with Crippen LogP contribution in [0.2, 0.25) is 0 Å². The second-order valence-electron chi connectivity index (χ2n) is 4.28. The van der Waals surface area contributed by atoms with Crippen molar-refractivity contribution in [3.63, 3.8) is 0 Å². The Morgan fingerprint density at radius 3 is 2.09 bits per heavy atom. The fourth-order valence-electron chi connectivity index (χ4n) is 1.42. The van der Waals surface area contributed by atoms with Gasteiger partial charge in [0.25, 0.3) is 0 Å². The number of hydrogen-bond donors (Lipinski definition) is 1. The first-order chi connectivity index (χ1) is 11.3. The molecular formula is C16H22BrNO5. The van der Waals surface area contributed by atoms with Gasteiger partial charge in [0.05, 0.1) is 52.9 Å². The lowest BCUT2D eigenvalue weighted by Gasteiger charge is -2.06. The largest absolute Gasteiger partial charge is 0.394 e. The Hall–Kier alpha value is -1.01. The van der Waals surface area contributed by atoms with Crippen LogP contribution >= 0.6 is 15.9 Å². The summed E-state index contributed by atoms with van der Waals surface area (Å²) < 4.78 is 21.9. The highest BCUT2D eigenvalue weighted by Crippen LogP contribution is 2.06. The van der Waals surface area contributed by atoms with Crippen LogP contribution in [0.15, 0.2) is 22.8 Å². The standard InChI is InChI=1S/C16H22BrNO5/c17-15-3-4-16(18-14-15)2-1-6-20-8-10-22-12-13-23-11-9-21-7-5-19/h3-4,14,19H,5-13H2. The van der Waals surface area contributed by atoms with Crippen molar-refractivity contribution in [1.29, 1.82) is 0 Å². The van der Waals surface area contributed by atoms with Gasteiger partial charge in [-0.1, -0.05) is 5.92 Å². The minimum Gasteiger partial charge on any atom is -0.394 e. The summed E-state index contributed by atoms with van der Waals surface area (Å²) in [4.78, 5) is 4.14. The lowest BCUT2D eigenvalue weighted by Crippen LogP contribution is -2.12. The number of aliphatic hydroxyl groups is 1. The predicted molar refractivity (Wildman–Crippen MR) is 89.2 cm³/mol. The summed E-state index contributed by atoms with van der Waals surface area (Å²) in [5.74, 6) is 5.81. The van der Waals surface area contributed by atoms with E-state index in [1.54, 1.807) is 6.20 Å². The van der Waals surface area contributed by atoms with Gasteiger partial charge in [0.2, 0.25) is 0 Å². The number of ether oxygens (including phenoxy) is 4. The molecule has 0 saturated carbocycles. The molecule has 0 saturated heterocycles. The van der Waals surface area contributed by atoms with Gasteiger partial charge < -0.3 is 24.1 Å². The Kier molecular flexibility index (Phi) is 12.7. The third-order valence-electron chi connectivity index (χ3n) is 2.47. The normalized spacial score (nSPS) is 10.3. The quantitative estimate of drug-likeness (QED) is 0.430. The zero-order valence-corrected chi connectivity index (χ0v) is 14.6. The van der Waals surface area contributed by atoms with Gasteiger partial charge in [0, 0.05) is 10.7 Å². The molecule has 7 heteroatoms. The Labute approximate surface area is 145 Å². The van der Waals surface area contributed by atoms with E-state index in [0.717, 1.165) is 4.47 Å². The van der Waals surface area contributed by atoms with E-state index >= 15 is 0 Å². The first kappa shape index (κ1) is 20.0. The van der Waals surface area contributed by atoms with Crippen molar-refractivity contribution in [2.75, 3.05) is 59.5 Å². The van der Waals surface area contributed by atoms with Crippen LogP contribution in [0.25, 0.3) is 0 Å². The maximum absolute atomic E-state index is 8.50. The van der Waals surface area contributed by atoms with Crippen LogP contribution in [0.1, 0.15) is 5.69 Å². The number of halogens is 1. The third-order valence-corrected chi connectivity index (χ3v) is 2.94. The molecule has 0 radical (unpaired) electrons. The number of aliphatic hydroxyl groups excluding tert-OH is 1. The SMILES string of the molecule is OCCOCCOCCOCCOCC#Cc1ccc(Br)cn1. The fraction of sp³-hybridized carbons (Fsp3) is 0.562. The summed E-state index contributed by atoms with van der Waals surface area (Å²) in [5.41, 5.74) is 0.716. The molecule has 0 unspecified atom stereocenters. The second kappa shape index (κ2) is 14.6. The summed E-state index contributed by atoms with van der Waals surface area (Å²) in [6, 6.07) is 3.74. The highest BCUT2D eigenvalue weighted by molar-refractivity contribution is 9.10. The smallest absolute Gasteiger partial charge is 0.113 e. The minimum absolute atomic E-state index is 0.0349. The van der Waals surface area contributed by atoms with E-state index in [1.165, 1.54) is 0 Å². The zero-order chi connectivity index (χ0) is 16.6. The van der Waals surface area contributed by atoms with Gasteiger partial charge in [0.1, 0.15) is 12.3 Å². The molecule has 1 N–H and O–H groups in total. The molecule has 1 rings (SSSR count). The molecule has 0 aromatic carbocycles. The van der Waals surface area contributed by atoms with Crippen molar-refractivity contribution >= 4 is 15.9 Å². The summed E-state index contributed by atoms with van der Waals surface area (Å²) in [6.45, 7) is 3.72. The van der Waals surface area contributed by atoms with E-state index < -0.39 is 0 Å². The fourth-order valence-corrected chi connectivity index (χ4v) is 1.66. The van der Waals surface area contributed by atoms with Gasteiger partial charge in [-0.15, -0.1) is 0 Å². The van der Waals surface area contributed by atoms with Crippen LogP contribution in [0.3, 0.4) is 0 Å². The Morgan fingerprint density at radius 2 is 1.52 bits per heavy atom. The zero-order valence-electron chi connectivity index (χ0n) is 13.0. The highest BCUT2D eigenvalue weighted by Gasteiger charge is 1.92. The third kappa shape index (κ3) is 12.1. The second-order valence-corrected chi connectivity index (χ2v) is 5.19. The molecule has 128 valence electrons. The van der Waals surface area contributed by atoms with Crippen LogP contribution in [0.4, 0.5) is 0 Å². The Bertz CT molecular complexity index is 458. The van der Waals surface area contributed by atoms with E-state index in [2.05, 4.69) is 32.8 Å². The topological polar surface area (TPSA) is 70.0 Å². The van der Waals surface area contributed by atoms with Gasteiger partial charge >= 0.3 is 0 Å². The summed E-state index contributed by atoms with van der Waals surface area (Å²) in [6.07, 6.45) is 1.71. The molecule has 6 nitrogen and oxygen atoms in total. The van der Waals surface area contributed by atoms with Gasteiger partial charge in [-0.3, -0.25) is 0 Å². The van der Waals surface area contributed by atoms with Crippen LogP contribution in [-0.4, -0.2) is 69.6 Å². The molecule has 0 aliphatic carbocycles. The van der Waals surface area contributed by atoms with Crippen LogP contribution < -0.4 is 0 Å². The van der Waals surface area contributed by atoms with Crippen molar-refractivity contribution in [2.45, 2.75) is 0 Å². The van der Waals surface area contributed by atoms with Crippen molar-refractivity contribution in [1.82, 2.24) is 4.98 Å². The maximum Gasteiger partial charge on any atom is 0.113 e. The van der Waals surface area contributed by atoms with Gasteiger partial charge in [-0.25, -0.2) is 4.98 Å². The van der Waals surface area contributed by atoms with Crippen molar-refractivity contribution in [3.05, 3.63) is 28.5 Å². The number of nitrogens with zero attached hydrogens (tertiary/aromatic N) is 1. The number of pyridine rings is 1. The van der Waals surface area contributed by atoms with E-state index in [0.29, 0.717) is 58.5 Å². The molecule has 0 fully saturated rings. The molecule has 23 heavy (non-hydrogen) atoms. The van der Waals surface area contributed by atoms with Gasteiger partial charge in [0.15, 0.2) is 0 Å². The van der Waals surface area contributed by atoms with Gasteiger partial charge in [-0.2, -0.15) is 0 Å². The van der Waals surface area contributed by atoms with E-state index in [1.807, 2.05) is 12.1 Å². The van der Waals surface area contributed by atoms with Crippen molar-refractivity contribution in [3.8, 4) is 11.8 Å². The monoisotopic (exact) mass is 387 g/mol. The lowest BCUT2D eigenvalue weighted by molar-refractivity contribution is -0.00291. The summed E-state index contributed by atoms with van der Waals surface area (Å²) >= 11 is 3.32. The van der Waals surface area contributed by atoms with Gasteiger partial charge in [-0.05, 0) is 34.0 Å². The van der Waals surface area contributed by atoms with E-state index in [9.17, 15) is 0 Å². The minimum atomic E-state index is 0.0349. The average molecular weight is 388 g/mol. The van der Waals surface area contributed by atoms with E-state index in [-0.39, 0.29) is 6.61 Å². The predicted octanol–water partition coefficient (Wildman–Crippen LogP) is 1.25. The molecule has 0 aliphatic heterocycles. The van der Waals surface area contributed by atoms with Crippen LogP contribution in [0.5, 0.6) is 0 Å². The molecular weight excluding hydrogens is 366 g/mol. The summed E-state index contributed by atoms with van der Waals surface area (Å²) in [7, 11) is 0. The number of aromatic nitrogens is 1. The Morgan fingerprint density at radius 1 is 0.913 bits per heavy atom. The van der Waals surface area contributed by atoms with E-state index in [4.69, 9.17) is 24.1 Å². The van der Waals surface area contributed by atoms with Crippen molar-refractivity contribution in [2.24, 2.45) is 0 Å². The highest BCUT2D eigenvalue weighted by atomic mass is 79.9. The van der Waals surface area contributed by atoms with Crippen LogP contribution in [-0.2, 0) is 18.9 Å². The molecule has 0 bridgehead atoms. The molecule has 1 aromatic heterocycles. The first-order valence-electron chi connectivity index (χ1n) is 7.35. The summed E-state index contributed by atoms with van der Waals surface area (Å²) in [5, 5.41) is 8.50. The average Bonchev–Trinajstić information content (AvgIpc) is 2.57. The Balaban J connectivity index is 1.86. The van der Waals surface area contributed by atoms with Crippen LogP contribution in [0, 0.1) is 11.8 Å². The first-order valence-corrected chi connectivity index (χ1v) is 8.14. The molecule has 0 amide bonds. The molecule has 1 aromatic rings. The molecule has 0 aliphatic rings.